The maximum Gasteiger partial charge on any atom is 0.326 e. The molecule has 13 N–H and O–H groups in total. The third kappa shape index (κ3) is 14.6. The molecule has 0 unspecified atom stereocenters. The third-order valence-electron chi connectivity index (χ3n) is 4.59. The lowest BCUT2D eigenvalue weighted by Crippen LogP contribution is -2.53. The summed E-state index contributed by atoms with van der Waals surface area (Å²) in [6, 6.07) is -3.46. The van der Waals surface area contributed by atoms with Crippen LogP contribution in [0.5, 0.6) is 0 Å². The predicted octanol–water partition coefficient (Wildman–Crippen LogP) is -3.47. The van der Waals surface area contributed by atoms with Gasteiger partial charge < -0.3 is 49.1 Å². The number of nitrogens with zero attached hydrogens (tertiary/aromatic N) is 1. The second kappa shape index (κ2) is 17.1. The highest BCUT2D eigenvalue weighted by Crippen LogP contribution is 2.04. The van der Waals surface area contributed by atoms with Gasteiger partial charge in [0.15, 0.2) is 5.96 Å². The molecule has 0 aromatic heterocycles. The van der Waals surface area contributed by atoms with Gasteiger partial charge in [-0.3, -0.25) is 24.2 Å². The normalized spacial score (nSPS) is 13.1. The number of carboxylic acid groups (broad SMARTS) is 2. The number of hydrogen-bond acceptors (Lipinski definition) is 8. The first-order chi connectivity index (χ1) is 16.0. The van der Waals surface area contributed by atoms with Crippen LogP contribution < -0.4 is 38.9 Å². The molecule has 0 aromatic carbocycles. The van der Waals surface area contributed by atoms with E-state index in [0.29, 0.717) is 25.8 Å². The largest absolute Gasteiger partial charge is 0.481 e. The zero-order chi connectivity index (χ0) is 26.1. The number of unbranched alkanes of at least 4 members (excludes halogenated alkanes) is 1. The number of guanidine groups is 1. The summed E-state index contributed by atoms with van der Waals surface area (Å²) in [6.45, 7) is 0.132. The Morgan fingerprint density at radius 1 is 0.853 bits per heavy atom. The number of nitrogens with two attached hydrogens (primary N) is 4. The first kappa shape index (κ1) is 30.5. The van der Waals surface area contributed by atoms with Crippen LogP contribution in [0.3, 0.4) is 0 Å². The highest BCUT2D eigenvalue weighted by Gasteiger charge is 2.27. The first-order valence-corrected chi connectivity index (χ1v) is 10.8. The van der Waals surface area contributed by atoms with E-state index in [-0.39, 0.29) is 31.8 Å². The van der Waals surface area contributed by atoms with Crippen LogP contribution in [0.1, 0.15) is 44.9 Å². The number of aliphatic imine (C=N–C) groups is 1. The average Bonchev–Trinajstić information content (AvgIpc) is 2.76. The van der Waals surface area contributed by atoms with Crippen LogP contribution in [-0.4, -0.2) is 83.6 Å². The first-order valence-electron chi connectivity index (χ1n) is 10.8. The van der Waals surface area contributed by atoms with Crippen molar-refractivity contribution in [2.75, 3.05) is 19.6 Å². The van der Waals surface area contributed by atoms with Crippen LogP contribution in [0.4, 0.5) is 0 Å². The molecular formula is C19H36N8O7. The minimum Gasteiger partial charge on any atom is -0.481 e. The molecule has 0 aromatic rings. The second-order valence-electron chi connectivity index (χ2n) is 7.51. The number of carbonyl (C=O) groups is 5. The summed E-state index contributed by atoms with van der Waals surface area (Å²) in [7, 11) is 0. The zero-order valence-corrected chi connectivity index (χ0v) is 19.0. The molecule has 0 aliphatic carbocycles. The molecule has 0 heterocycles. The quantitative estimate of drug-likeness (QED) is 0.0519. The van der Waals surface area contributed by atoms with Crippen LogP contribution >= 0.6 is 0 Å². The van der Waals surface area contributed by atoms with Crippen molar-refractivity contribution < 1.29 is 34.2 Å². The number of aliphatic carboxylic acids is 2. The van der Waals surface area contributed by atoms with E-state index in [0.717, 1.165) is 0 Å². The number of amides is 3. The highest BCUT2D eigenvalue weighted by atomic mass is 16.4. The molecule has 3 amide bonds. The van der Waals surface area contributed by atoms with Crippen LogP contribution in [0, 0.1) is 0 Å². The van der Waals surface area contributed by atoms with Gasteiger partial charge in [-0.25, -0.2) is 4.79 Å². The minimum atomic E-state index is -1.31. The summed E-state index contributed by atoms with van der Waals surface area (Å²) in [5.74, 6) is -4.79. The van der Waals surface area contributed by atoms with Crippen molar-refractivity contribution in [2.45, 2.75) is 63.1 Å². The Morgan fingerprint density at radius 3 is 2.09 bits per heavy atom. The predicted molar refractivity (Wildman–Crippen MR) is 122 cm³/mol. The average molecular weight is 489 g/mol. The Hall–Kier alpha value is -3.46. The van der Waals surface area contributed by atoms with Crippen LogP contribution in [-0.2, 0) is 24.0 Å². The fraction of sp³-hybridized carbons (Fsp3) is 0.684. The molecule has 15 nitrogen and oxygen atoms in total. The maximum absolute atomic E-state index is 12.5. The molecule has 0 aliphatic rings. The van der Waals surface area contributed by atoms with Crippen molar-refractivity contribution in [3.05, 3.63) is 0 Å². The van der Waals surface area contributed by atoms with Crippen molar-refractivity contribution in [2.24, 2.45) is 27.9 Å². The second-order valence-corrected chi connectivity index (χ2v) is 7.51. The fourth-order valence-electron chi connectivity index (χ4n) is 2.75. The number of carbonyl (C=O) groups excluding carboxylic acids is 3. The summed E-state index contributed by atoms with van der Waals surface area (Å²) in [4.78, 5) is 62.9. The third-order valence-corrected chi connectivity index (χ3v) is 4.59. The summed E-state index contributed by atoms with van der Waals surface area (Å²) in [6.07, 6.45) is 1.11. The molecule has 34 heavy (non-hydrogen) atoms. The molecule has 0 rings (SSSR count). The van der Waals surface area contributed by atoms with E-state index in [9.17, 15) is 29.1 Å². The zero-order valence-electron chi connectivity index (χ0n) is 19.0. The van der Waals surface area contributed by atoms with E-state index < -0.39 is 60.8 Å². The number of carboxylic acids is 2. The molecule has 0 radical (unpaired) electrons. The molecule has 0 aliphatic heterocycles. The van der Waals surface area contributed by atoms with Gasteiger partial charge in [-0.2, -0.15) is 0 Å². The van der Waals surface area contributed by atoms with Crippen LogP contribution in [0.25, 0.3) is 0 Å². The molecule has 0 saturated heterocycles. The van der Waals surface area contributed by atoms with Gasteiger partial charge in [-0.05, 0) is 45.1 Å². The van der Waals surface area contributed by atoms with Gasteiger partial charge in [-0.15, -0.1) is 0 Å². The Morgan fingerprint density at radius 2 is 1.53 bits per heavy atom. The highest BCUT2D eigenvalue weighted by molar-refractivity contribution is 5.92. The maximum atomic E-state index is 12.5. The lowest BCUT2D eigenvalue weighted by molar-refractivity contribution is -0.143. The van der Waals surface area contributed by atoms with Gasteiger partial charge in [-0.1, -0.05) is 0 Å². The van der Waals surface area contributed by atoms with Gasteiger partial charge in [0.2, 0.25) is 17.7 Å². The summed E-state index contributed by atoms with van der Waals surface area (Å²) in [5, 5.41) is 25.1. The molecule has 0 bridgehead atoms. The number of nitrogens with one attached hydrogen (secondary N) is 3. The molecule has 194 valence electrons. The van der Waals surface area contributed by atoms with E-state index >= 15 is 0 Å². The Balaban J connectivity index is 4.84. The lowest BCUT2D eigenvalue weighted by Gasteiger charge is -2.21. The van der Waals surface area contributed by atoms with Crippen molar-refractivity contribution in [1.29, 1.82) is 0 Å². The molecule has 3 atom stereocenters. The lowest BCUT2D eigenvalue weighted by atomic mass is 10.1. The van der Waals surface area contributed by atoms with Crippen molar-refractivity contribution in [3.8, 4) is 0 Å². The molecule has 15 heteroatoms. The van der Waals surface area contributed by atoms with Gasteiger partial charge in [0.1, 0.15) is 12.1 Å². The van der Waals surface area contributed by atoms with Crippen molar-refractivity contribution >= 4 is 35.6 Å². The van der Waals surface area contributed by atoms with Crippen LogP contribution in [0.2, 0.25) is 0 Å². The van der Waals surface area contributed by atoms with E-state index in [1.165, 1.54) is 0 Å². The van der Waals surface area contributed by atoms with Gasteiger partial charge in [0, 0.05) is 13.0 Å². The number of rotatable bonds is 18. The van der Waals surface area contributed by atoms with Gasteiger partial charge >= 0.3 is 11.9 Å². The minimum absolute atomic E-state index is 0.0820. The smallest absolute Gasteiger partial charge is 0.326 e. The molecule has 0 fully saturated rings. The Bertz CT molecular complexity index is 727. The standard InChI is InChI=1S/C19H36N8O7/c20-8-2-1-5-13(18(33)34)27-17(32)12(6-7-15(29)30)26-14(28)10-25-16(31)11(21)4-3-9-24-19(22)23/h11-13H,1-10,20-21H2,(H,25,31)(H,26,28)(H,27,32)(H,29,30)(H,33,34)(H4,22,23,24)/t11-,12-,13-/m0/s1. The summed E-state index contributed by atoms with van der Waals surface area (Å²) in [5.41, 5.74) is 21.5. The Kier molecular flexibility index (Phi) is 15.3. The fourth-order valence-corrected chi connectivity index (χ4v) is 2.75. The summed E-state index contributed by atoms with van der Waals surface area (Å²) < 4.78 is 0. The topological polar surface area (TPSA) is 278 Å². The van der Waals surface area contributed by atoms with Crippen LogP contribution in [0.15, 0.2) is 4.99 Å². The van der Waals surface area contributed by atoms with Gasteiger partial charge in [0.05, 0.1) is 12.6 Å². The van der Waals surface area contributed by atoms with E-state index in [4.69, 9.17) is 28.0 Å². The van der Waals surface area contributed by atoms with Crippen molar-refractivity contribution in [1.82, 2.24) is 16.0 Å². The molecule has 0 saturated carbocycles. The summed E-state index contributed by atoms with van der Waals surface area (Å²) >= 11 is 0. The van der Waals surface area contributed by atoms with E-state index in [1.807, 2.05) is 0 Å². The molecule has 0 spiro atoms. The van der Waals surface area contributed by atoms with E-state index in [2.05, 4.69) is 20.9 Å². The monoisotopic (exact) mass is 488 g/mol. The SMILES string of the molecule is NCCCC[C@H](NC(=O)[C@H](CCC(=O)O)NC(=O)CNC(=O)[C@@H](N)CCCN=C(N)N)C(=O)O. The van der Waals surface area contributed by atoms with Gasteiger partial charge in [0.25, 0.3) is 0 Å². The Labute approximate surface area is 197 Å². The number of hydrogen-bond donors (Lipinski definition) is 9. The van der Waals surface area contributed by atoms with E-state index in [1.54, 1.807) is 0 Å². The van der Waals surface area contributed by atoms with Crippen molar-refractivity contribution in [3.63, 3.8) is 0 Å². The molecular weight excluding hydrogens is 452 g/mol.